The molecule has 0 aromatic carbocycles. The van der Waals surface area contributed by atoms with Gasteiger partial charge in [-0.1, -0.05) is 6.08 Å². The number of carbonyl (C=O) groups excluding carboxylic acids is 2. The van der Waals surface area contributed by atoms with Crippen LogP contribution < -0.4 is 5.32 Å². The first-order valence-corrected chi connectivity index (χ1v) is 8.06. The van der Waals surface area contributed by atoms with Gasteiger partial charge in [-0.15, -0.1) is 6.58 Å². The highest BCUT2D eigenvalue weighted by Crippen LogP contribution is 2.37. The molecule has 21 heavy (non-hydrogen) atoms. The van der Waals surface area contributed by atoms with E-state index in [0.29, 0.717) is 36.9 Å². The second kappa shape index (κ2) is 6.18. The van der Waals surface area contributed by atoms with Crippen LogP contribution in [0.1, 0.15) is 25.7 Å². The zero-order valence-electron chi connectivity index (χ0n) is 12.6. The van der Waals surface area contributed by atoms with Gasteiger partial charge in [0.2, 0.25) is 11.8 Å². The van der Waals surface area contributed by atoms with E-state index in [9.17, 15) is 9.59 Å². The first-order valence-electron chi connectivity index (χ1n) is 8.06. The molecule has 3 aliphatic heterocycles. The minimum Gasteiger partial charge on any atom is -0.352 e. The van der Waals surface area contributed by atoms with E-state index in [-0.39, 0.29) is 5.91 Å². The van der Waals surface area contributed by atoms with Crippen LogP contribution in [0.3, 0.4) is 0 Å². The lowest BCUT2D eigenvalue weighted by Gasteiger charge is -2.52. The quantitative estimate of drug-likeness (QED) is 0.773. The van der Waals surface area contributed by atoms with Gasteiger partial charge in [0.1, 0.15) is 0 Å². The van der Waals surface area contributed by atoms with E-state index in [2.05, 4.69) is 21.7 Å². The van der Waals surface area contributed by atoms with Crippen molar-refractivity contribution in [1.82, 2.24) is 15.1 Å². The van der Waals surface area contributed by atoms with Crippen molar-refractivity contribution in [2.24, 2.45) is 11.8 Å². The molecule has 3 saturated heterocycles. The molecule has 2 amide bonds. The molecule has 0 saturated carbocycles. The average molecular weight is 291 g/mol. The monoisotopic (exact) mass is 291 g/mol. The van der Waals surface area contributed by atoms with Gasteiger partial charge in [0.05, 0.1) is 6.54 Å². The van der Waals surface area contributed by atoms with Crippen molar-refractivity contribution in [2.75, 3.05) is 32.7 Å². The van der Waals surface area contributed by atoms with Crippen LogP contribution >= 0.6 is 0 Å². The van der Waals surface area contributed by atoms with Crippen molar-refractivity contribution >= 4 is 11.8 Å². The maximum atomic E-state index is 12.1. The van der Waals surface area contributed by atoms with Gasteiger partial charge >= 0.3 is 0 Å². The Morgan fingerprint density at radius 3 is 3.05 bits per heavy atom. The maximum absolute atomic E-state index is 12.1. The summed E-state index contributed by atoms with van der Waals surface area (Å²) in [5, 5.41) is 2.85. The van der Waals surface area contributed by atoms with E-state index in [1.54, 1.807) is 6.08 Å². The van der Waals surface area contributed by atoms with E-state index >= 15 is 0 Å². The van der Waals surface area contributed by atoms with Crippen molar-refractivity contribution in [1.29, 1.82) is 0 Å². The molecule has 2 unspecified atom stereocenters. The summed E-state index contributed by atoms with van der Waals surface area (Å²) in [5.74, 6) is 1.51. The van der Waals surface area contributed by atoms with E-state index in [1.165, 1.54) is 6.42 Å². The average Bonchev–Trinajstić information content (AvgIpc) is 2.46. The number of nitrogens with zero attached hydrogens (tertiary/aromatic N) is 2. The standard InChI is InChI=1S/C16H25N3O2/c1-2-6-17-15(20)11-18-8-12-7-13(10-18)14-4-3-5-16(21)19(14)9-12/h2,12-14H,1,3-11H2,(H,17,20)/t12?,13?,14-/m1/s1. The fourth-order valence-corrected chi connectivity index (χ4v) is 4.29. The lowest BCUT2D eigenvalue weighted by Crippen LogP contribution is -2.61. The van der Waals surface area contributed by atoms with Gasteiger partial charge < -0.3 is 10.2 Å². The number of nitrogens with one attached hydrogen (secondary N) is 1. The lowest BCUT2D eigenvalue weighted by atomic mass is 9.76. The number of hydrogen-bond donors (Lipinski definition) is 1. The number of amides is 2. The number of piperidine rings is 3. The SMILES string of the molecule is C=CCNC(=O)CN1CC2CC(C1)[C@H]1CCCC(=O)N1C2. The number of fused-ring (bicyclic) bond motifs is 4. The Bertz CT molecular complexity index is 437. The van der Waals surface area contributed by atoms with Crippen LogP contribution in [-0.2, 0) is 9.59 Å². The molecule has 0 radical (unpaired) electrons. The minimum atomic E-state index is 0.0754. The van der Waals surface area contributed by atoms with Crippen molar-refractivity contribution in [3.8, 4) is 0 Å². The molecule has 0 aromatic rings. The Labute approximate surface area is 126 Å². The molecule has 0 spiro atoms. The van der Waals surface area contributed by atoms with E-state index in [1.807, 2.05) is 0 Å². The fourth-order valence-electron chi connectivity index (χ4n) is 4.29. The molecule has 0 aromatic heterocycles. The highest BCUT2D eigenvalue weighted by Gasteiger charge is 2.43. The summed E-state index contributed by atoms with van der Waals surface area (Å²) in [6.45, 7) is 7.40. The molecule has 5 nitrogen and oxygen atoms in total. The predicted molar refractivity (Wildman–Crippen MR) is 80.6 cm³/mol. The van der Waals surface area contributed by atoms with Gasteiger partial charge in [-0.2, -0.15) is 0 Å². The largest absolute Gasteiger partial charge is 0.352 e. The third-order valence-electron chi connectivity index (χ3n) is 5.07. The summed E-state index contributed by atoms with van der Waals surface area (Å²) >= 11 is 0. The molecule has 3 aliphatic rings. The molecule has 1 N–H and O–H groups in total. The second-order valence-electron chi connectivity index (χ2n) is 6.65. The van der Waals surface area contributed by atoms with Gasteiger partial charge in [-0.05, 0) is 31.1 Å². The number of likely N-dealkylation sites (tertiary alicyclic amines) is 1. The van der Waals surface area contributed by atoms with E-state index in [0.717, 1.165) is 38.9 Å². The zero-order chi connectivity index (χ0) is 14.8. The smallest absolute Gasteiger partial charge is 0.234 e. The Morgan fingerprint density at radius 2 is 2.24 bits per heavy atom. The molecule has 2 bridgehead atoms. The van der Waals surface area contributed by atoms with Gasteiger partial charge in [-0.3, -0.25) is 14.5 Å². The Morgan fingerprint density at radius 1 is 1.38 bits per heavy atom. The minimum absolute atomic E-state index is 0.0754. The van der Waals surface area contributed by atoms with E-state index < -0.39 is 0 Å². The summed E-state index contributed by atoms with van der Waals surface area (Å²) in [5.41, 5.74) is 0. The number of rotatable bonds is 4. The molecule has 3 fully saturated rings. The zero-order valence-corrected chi connectivity index (χ0v) is 12.6. The van der Waals surface area contributed by atoms with Crippen molar-refractivity contribution in [2.45, 2.75) is 31.7 Å². The Balaban J connectivity index is 1.60. The number of carbonyl (C=O) groups is 2. The molecule has 3 heterocycles. The third-order valence-corrected chi connectivity index (χ3v) is 5.07. The summed E-state index contributed by atoms with van der Waals surface area (Å²) in [6, 6.07) is 0.418. The van der Waals surface area contributed by atoms with Crippen molar-refractivity contribution < 1.29 is 9.59 Å². The topological polar surface area (TPSA) is 52.7 Å². The molecular weight excluding hydrogens is 266 g/mol. The first kappa shape index (κ1) is 14.6. The van der Waals surface area contributed by atoms with E-state index in [4.69, 9.17) is 0 Å². The summed E-state index contributed by atoms with van der Waals surface area (Å²) in [7, 11) is 0. The highest BCUT2D eigenvalue weighted by molar-refractivity contribution is 5.78. The summed E-state index contributed by atoms with van der Waals surface area (Å²) in [4.78, 5) is 28.3. The van der Waals surface area contributed by atoms with Crippen LogP contribution in [0.5, 0.6) is 0 Å². The predicted octanol–water partition coefficient (Wildman–Crippen LogP) is 0.621. The van der Waals surface area contributed by atoms with Gasteiger partial charge in [0.25, 0.3) is 0 Å². The fraction of sp³-hybridized carbons (Fsp3) is 0.750. The van der Waals surface area contributed by atoms with Crippen LogP contribution in [0.4, 0.5) is 0 Å². The lowest BCUT2D eigenvalue weighted by molar-refractivity contribution is -0.145. The molecule has 116 valence electrons. The normalized spacial score (nSPS) is 32.5. The van der Waals surface area contributed by atoms with Crippen LogP contribution in [0.2, 0.25) is 0 Å². The molecule has 3 atom stereocenters. The van der Waals surface area contributed by atoms with Crippen LogP contribution in [0.15, 0.2) is 12.7 Å². The molecule has 0 aliphatic carbocycles. The third kappa shape index (κ3) is 3.12. The molecular formula is C16H25N3O2. The van der Waals surface area contributed by atoms with Crippen LogP contribution in [0, 0.1) is 11.8 Å². The summed E-state index contributed by atoms with van der Waals surface area (Å²) in [6.07, 6.45) is 5.82. The van der Waals surface area contributed by atoms with Crippen molar-refractivity contribution in [3.05, 3.63) is 12.7 Å². The molecule has 3 rings (SSSR count). The first-order chi connectivity index (χ1) is 10.2. The van der Waals surface area contributed by atoms with Crippen LogP contribution in [-0.4, -0.2) is 60.4 Å². The Kier molecular flexibility index (Phi) is 4.29. The summed E-state index contributed by atoms with van der Waals surface area (Å²) < 4.78 is 0. The van der Waals surface area contributed by atoms with Gasteiger partial charge in [0, 0.05) is 38.6 Å². The Hall–Kier alpha value is -1.36. The van der Waals surface area contributed by atoms with Crippen molar-refractivity contribution in [3.63, 3.8) is 0 Å². The van der Waals surface area contributed by atoms with Gasteiger partial charge in [0.15, 0.2) is 0 Å². The van der Waals surface area contributed by atoms with Gasteiger partial charge in [-0.25, -0.2) is 0 Å². The highest BCUT2D eigenvalue weighted by atomic mass is 16.2. The molecule has 5 heteroatoms. The maximum Gasteiger partial charge on any atom is 0.234 e. The van der Waals surface area contributed by atoms with Crippen LogP contribution in [0.25, 0.3) is 0 Å². The number of hydrogen-bond acceptors (Lipinski definition) is 3. The second-order valence-corrected chi connectivity index (χ2v) is 6.65.